The molecule has 4 heteroatoms. The molecule has 0 aliphatic heterocycles. The third-order valence-electron chi connectivity index (χ3n) is 2.69. The highest BCUT2D eigenvalue weighted by Crippen LogP contribution is 2.36. The molecular weight excluding hydrogens is 244 g/mol. The van der Waals surface area contributed by atoms with Crippen molar-refractivity contribution in [2.75, 3.05) is 7.11 Å². The van der Waals surface area contributed by atoms with Crippen molar-refractivity contribution >= 4 is 11.3 Å². The number of hydrogen-bond acceptors (Lipinski definition) is 4. The molecule has 0 radical (unpaired) electrons. The molecule has 0 aliphatic carbocycles. The van der Waals surface area contributed by atoms with Gasteiger partial charge in [-0.05, 0) is 31.0 Å². The Kier molecular flexibility index (Phi) is 3.63. The van der Waals surface area contributed by atoms with E-state index < -0.39 is 0 Å². The number of aryl methyl sites for hydroxylation is 2. The van der Waals surface area contributed by atoms with Crippen molar-refractivity contribution < 1.29 is 4.74 Å². The molecule has 3 nitrogen and oxygen atoms in total. The summed E-state index contributed by atoms with van der Waals surface area (Å²) in [4.78, 5) is 4.49. The largest absolute Gasteiger partial charge is 0.496 e. The van der Waals surface area contributed by atoms with E-state index in [1.807, 2.05) is 18.4 Å². The van der Waals surface area contributed by atoms with Gasteiger partial charge in [0, 0.05) is 5.38 Å². The minimum absolute atomic E-state index is 0.351. The van der Waals surface area contributed by atoms with Crippen molar-refractivity contribution in [3.05, 3.63) is 34.3 Å². The van der Waals surface area contributed by atoms with Gasteiger partial charge in [0.15, 0.2) is 0 Å². The summed E-state index contributed by atoms with van der Waals surface area (Å²) in [6.45, 7) is 4.10. The van der Waals surface area contributed by atoms with Gasteiger partial charge < -0.3 is 4.74 Å². The second-order valence-corrected chi connectivity index (χ2v) is 5.00. The predicted molar refractivity (Wildman–Crippen MR) is 72.9 cm³/mol. The van der Waals surface area contributed by atoms with E-state index in [2.05, 4.69) is 24.0 Å². The van der Waals surface area contributed by atoms with E-state index in [0.29, 0.717) is 6.42 Å². The molecule has 0 spiro atoms. The van der Waals surface area contributed by atoms with E-state index >= 15 is 0 Å². The average molecular weight is 258 g/mol. The molecule has 1 heterocycles. The lowest BCUT2D eigenvalue weighted by Crippen LogP contribution is -1.92. The summed E-state index contributed by atoms with van der Waals surface area (Å²) in [5.74, 6) is 0.838. The number of methoxy groups -OCH3 is 1. The van der Waals surface area contributed by atoms with Crippen molar-refractivity contribution in [2.45, 2.75) is 20.3 Å². The van der Waals surface area contributed by atoms with Gasteiger partial charge in [0.05, 0.1) is 30.9 Å². The van der Waals surface area contributed by atoms with Gasteiger partial charge >= 0.3 is 0 Å². The zero-order valence-corrected chi connectivity index (χ0v) is 11.5. The van der Waals surface area contributed by atoms with E-state index in [-0.39, 0.29) is 0 Å². The minimum Gasteiger partial charge on any atom is -0.496 e. The minimum atomic E-state index is 0.351. The smallest absolute Gasteiger partial charge is 0.129 e. The van der Waals surface area contributed by atoms with Crippen molar-refractivity contribution in [3.63, 3.8) is 0 Å². The monoisotopic (exact) mass is 258 g/mol. The Morgan fingerprint density at radius 1 is 1.39 bits per heavy atom. The molecule has 0 bridgehead atoms. The Morgan fingerprint density at radius 2 is 2.17 bits per heavy atom. The van der Waals surface area contributed by atoms with Crippen LogP contribution in [-0.2, 0) is 6.42 Å². The van der Waals surface area contributed by atoms with Crippen LogP contribution in [0.25, 0.3) is 10.6 Å². The summed E-state index contributed by atoms with van der Waals surface area (Å²) in [6, 6.07) is 6.24. The maximum Gasteiger partial charge on any atom is 0.129 e. The number of rotatable bonds is 3. The van der Waals surface area contributed by atoms with Crippen LogP contribution < -0.4 is 4.74 Å². The highest BCUT2D eigenvalue weighted by Gasteiger charge is 2.13. The lowest BCUT2D eigenvalue weighted by atomic mass is 10.0. The van der Waals surface area contributed by atoms with Crippen LogP contribution in [0.3, 0.4) is 0 Å². The van der Waals surface area contributed by atoms with Crippen LogP contribution >= 0.6 is 11.3 Å². The van der Waals surface area contributed by atoms with Crippen LogP contribution in [0.2, 0.25) is 0 Å². The molecular formula is C14H14N2OS. The Bertz CT molecular complexity index is 611. The molecule has 2 rings (SSSR count). The van der Waals surface area contributed by atoms with Gasteiger partial charge in [0.1, 0.15) is 10.8 Å². The average Bonchev–Trinajstić information content (AvgIpc) is 2.76. The zero-order valence-electron chi connectivity index (χ0n) is 10.7. The standard InChI is InChI=1S/C14H14N2OS/c1-9-6-10(2)13(12(7-9)17-3)14-16-11(4-5-15)8-18-14/h6-8H,4H2,1-3H3. The number of thiazole rings is 1. The van der Waals surface area contributed by atoms with Gasteiger partial charge in [-0.2, -0.15) is 5.26 Å². The number of benzene rings is 1. The Morgan fingerprint density at radius 3 is 2.83 bits per heavy atom. The van der Waals surface area contributed by atoms with Crippen molar-refractivity contribution in [1.82, 2.24) is 4.98 Å². The molecule has 1 aromatic heterocycles. The van der Waals surface area contributed by atoms with E-state index in [1.54, 1.807) is 18.4 Å². The van der Waals surface area contributed by atoms with Crippen molar-refractivity contribution in [2.24, 2.45) is 0 Å². The Labute approximate surface area is 111 Å². The molecule has 0 amide bonds. The number of nitriles is 1. The number of nitrogens with zero attached hydrogens (tertiary/aromatic N) is 2. The molecule has 92 valence electrons. The Hall–Kier alpha value is -1.86. The number of ether oxygens (including phenoxy) is 1. The van der Waals surface area contributed by atoms with E-state index in [0.717, 1.165) is 27.6 Å². The summed E-state index contributed by atoms with van der Waals surface area (Å²) >= 11 is 1.55. The van der Waals surface area contributed by atoms with E-state index in [9.17, 15) is 0 Å². The van der Waals surface area contributed by atoms with Crippen molar-refractivity contribution in [1.29, 1.82) is 5.26 Å². The van der Waals surface area contributed by atoms with Crippen LogP contribution in [0, 0.1) is 25.2 Å². The van der Waals surface area contributed by atoms with Gasteiger partial charge in [0.25, 0.3) is 0 Å². The molecule has 2 aromatic rings. The van der Waals surface area contributed by atoms with Gasteiger partial charge in [-0.25, -0.2) is 4.98 Å². The zero-order chi connectivity index (χ0) is 13.1. The highest BCUT2D eigenvalue weighted by molar-refractivity contribution is 7.13. The predicted octanol–water partition coefficient (Wildman–Crippen LogP) is 3.50. The van der Waals surface area contributed by atoms with Crippen molar-refractivity contribution in [3.8, 4) is 22.4 Å². The molecule has 18 heavy (non-hydrogen) atoms. The summed E-state index contributed by atoms with van der Waals surface area (Å²) in [5, 5.41) is 11.5. The molecule has 0 saturated carbocycles. The molecule has 0 N–H and O–H groups in total. The van der Waals surface area contributed by atoms with Crippen LogP contribution in [0.5, 0.6) is 5.75 Å². The quantitative estimate of drug-likeness (QED) is 0.846. The lowest BCUT2D eigenvalue weighted by Gasteiger charge is -2.10. The topological polar surface area (TPSA) is 45.9 Å². The Balaban J connectivity index is 2.52. The van der Waals surface area contributed by atoms with Gasteiger partial charge in [-0.3, -0.25) is 0 Å². The first-order valence-electron chi connectivity index (χ1n) is 5.62. The first kappa shape index (κ1) is 12.6. The first-order chi connectivity index (χ1) is 8.65. The SMILES string of the molecule is COc1cc(C)cc(C)c1-c1nc(CC#N)cs1. The third-order valence-corrected chi connectivity index (χ3v) is 3.60. The summed E-state index contributed by atoms with van der Waals surface area (Å²) < 4.78 is 5.43. The molecule has 0 saturated heterocycles. The van der Waals surface area contributed by atoms with Crippen LogP contribution in [-0.4, -0.2) is 12.1 Å². The summed E-state index contributed by atoms with van der Waals surface area (Å²) in [7, 11) is 1.67. The summed E-state index contributed by atoms with van der Waals surface area (Å²) in [5.41, 5.74) is 4.16. The first-order valence-corrected chi connectivity index (χ1v) is 6.50. The van der Waals surface area contributed by atoms with Gasteiger partial charge in [0.2, 0.25) is 0 Å². The van der Waals surface area contributed by atoms with Crippen LogP contribution in [0.15, 0.2) is 17.5 Å². The normalized spacial score (nSPS) is 10.1. The van der Waals surface area contributed by atoms with Crippen LogP contribution in [0.1, 0.15) is 16.8 Å². The second-order valence-electron chi connectivity index (χ2n) is 4.14. The maximum absolute atomic E-state index is 8.68. The maximum atomic E-state index is 8.68. The second kappa shape index (κ2) is 5.19. The van der Waals surface area contributed by atoms with Gasteiger partial charge in [-0.15, -0.1) is 11.3 Å². The fourth-order valence-electron chi connectivity index (χ4n) is 1.95. The van der Waals surface area contributed by atoms with E-state index in [1.165, 1.54) is 5.56 Å². The highest BCUT2D eigenvalue weighted by atomic mass is 32.1. The molecule has 0 aliphatic rings. The molecule has 0 fully saturated rings. The lowest BCUT2D eigenvalue weighted by molar-refractivity contribution is 0.416. The molecule has 1 aromatic carbocycles. The fourth-order valence-corrected chi connectivity index (χ4v) is 2.88. The number of hydrogen-bond donors (Lipinski definition) is 0. The molecule has 0 atom stereocenters. The molecule has 0 unspecified atom stereocenters. The van der Waals surface area contributed by atoms with Crippen LogP contribution in [0.4, 0.5) is 0 Å². The van der Waals surface area contributed by atoms with E-state index in [4.69, 9.17) is 10.00 Å². The number of aromatic nitrogens is 1. The third kappa shape index (κ3) is 2.36. The van der Waals surface area contributed by atoms with Gasteiger partial charge in [-0.1, -0.05) is 6.07 Å². The fraction of sp³-hybridized carbons (Fsp3) is 0.286. The summed E-state index contributed by atoms with van der Waals surface area (Å²) in [6.07, 6.45) is 0.351.